The van der Waals surface area contributed by atoms with Crippen LogP contribution in [0.25, 0.3) is 0 Å². The van der Waals surface area contributed by atoms with Gasteiger partial charge in [0.2, 0.25) is 0 Å². The van der Waals surface area contributed by atoms with Crippen molar-refractivity contribution >= 4 is 23.4 Å². The molecule has 0 aliphatic heterocycles. The zero-order valence-electron chi connectivity index (χ0n) is 14.8. The lowest BCUT2D eigenvalue weighted by Crippen LogP contribution is -2.13. The van der Waals surface area contributed by atoms with Crippen LogP contribution in [-0.4, -0.2) is 24.0 Å². The number of hydrogen-bond acceptors (Lipinski definition) is 5. The summed E-state index contributed by atoms with van der Waals surface area (Å²) in [6.45, 7) is 0.659. The van der Waals surface area contributed by atoms with Crippen molar-refractivity contribution in [3.05, 3.63) is 89.6 Å². The Kier molecular flexibility index (Phi) is 5.79. The molecule has 27 heavy (non-hydrogen) atoms. The molecule has 0 unspecified atom stereocenters. The van der Waals surface area contributed by atoms with Gasteiger partial charge in [-0.05, 0) is 42.0 Å². The zero-order chi connectivity index (χ0) is 19.1. The zero-order valence-corrected chi connectivity index (χ0v) is 14.8. The van der Waals surface area contributed by atoms with E-state index in [1.54, 1.807) is 36.4 Å². The number of hydrogen-bond donors (Lipinski definition) is 2. The van der Waals surface area contributed by atoms with Crippen LogP contribution in [0.1, 0.15) is 26.3 Å². The molecular formula is C21H19N3O3. The second-order valence-corrected chi connectivity index (χ2v) is 5.79. The number of ether oxygens (including phenoxy) is 1. The monoisotopic (exact) mass is 361 g/mol. The van der Waals surface area contributed by atoms with Crippen molar-refractivity contribution in [2.24, 2.45) is 0 Å². The van der Waals surface area contributed by atoms with Crippen LogP contribution in [0, 0.1) is 0 Å². The normalized spacial score (nSPS) is 10.1. The number of anilines is 2. The minimum atomic E-state index is -0.421. The van der Waals surface area contributed by atoms with E-state index in [0.717, 1.165) is 5.56 Å². The Hall–Kier alpha value is -3.67. The maximum atomic E-state index is 12.3. The van der Waals surface area contributed by atoms with Crippen molar-refractivity contribution < 1.29 is 14.3 Å². The lowest BCUT2D eigenvalue weighted by molar-refractivity contribution is 0.0600. The molecule has 1 aromatic heterocycles. The highest BCUT2D eigenvalue weighted by Gasteiger charge is 2.09. The summed E-state index contributed by atoms with van der Waals surface area (Å²) >= 11 is 0. The molecule has 0 saturated carbocycles. The number of aromatic nitrogens is 1. The Labute approximate surface area is 157 Å². The fraction of sp³-hybridized carbons (Fsp3) is 0.0952. The molecule has 3 aromatic rings. The summed E-state index contributed by atoms with van der Waals surface area (Å²) in [5, 5.41) is 5.98. The van der Waals surface area contributed by atoms with Gasteiger partial charge in [0, 0.05) is 18.4 Å². The van der Waals surface area contributed by atoms with Gasteiger partial charge in [0.1, 0.15) is 5.82 Å². The second-order valence-electron chi connectivity index (χ2n) is 5.79. The predicted octanol–water partition coefficient (Wildman–Crippen LogP) is 3.73. The second kappa shape index (κ2) is 8.62. The number of carbonyl (C=O) groups is 2. The summed E-state index contributed by atoms with van der Waals surface area (Å²) in [5.41, 5.74) is 2.60. The average Bonchev–Trinajstić information content (AvgIpc) is 2.73. The minimum absolute atomic E-state index is 0.275. The number of pyridine rings is 1. The quantitative estimate of drug-likeness (QED) is 0.654. The van der Waals surface area contributed by atoms with Gasteiger partial charge in [0.15, 0.2) is 0 Å². The topological polar surface area (TPSA) is 80.3 Å². The highest BCUT2D eigenvalue weighted by atomic mass is 16.5. The number of nitrogens with zero attached hydrogens (tertiary/aromatic N) is 1. The SMILES string of the molecule is COC(=O)c1ccc(NC(=O)c2ccc(NCc3ccccc3)nc2)cc1. The van der Waals surface area contributed by atoms with E-state index in [1.165, 1.54) is 13.3 Å². The Balaban J connectivity index is 1.58. The van der Waals surface area contributed by atoms with E-state index in [0.29, 0.717) is 29.2 Å². The average molecular weight is 361 g/mol. The Morgan fingerprint density at radius 3 is 2.26 bits per heavy atom. The van der Waals surface area contributed by atoms with Gasteiger partial charge in [-0.1, -0.05) is 30.3 Å². The fourth-order valence-corrected chi connectivity index (χ4v) is 2.43. The predicted molar refractivity (Wildman–Crippen MR) is 104 cm³/mol. The van der Waals surface area contributed by atoms with Gasteiger partial charge in [-0.25, -0.2) is 9.78 Å². The van der Waals surface area contributed by atoms with Crippen LogP contribution in [0.4, 0.5) is 11.5 Å². The van der Waals surface area contributed by atoms with Crippen molar-refractivity contribution in [2.45, 2.75) is 6.54 Å². The molecule has 1 heterocycles. The van der Waals surface area contributed by atoms with Crippen molar-refractivity contribution in [1.82, 2.24) is 4.98 Å². The molecule has 0 aliphatic carbocycles. The first-order chi connectivity index (χ1) is 13.2. The van der Waals surface area contributed by atoms with Crippen molar-refractivity contribution in [3.8, 4) is 0 Å². The van der Waals surface area contributed by atoms with E-state index >= 15 is 0 Å². The number of amides is 1. The highest BCUT2D eigenvalue weighted by Crippen LogP contribution is 2.13. The molecule has 0 bridgehead atoms. The van der Waals surface area contributed by atoms with Gasteiger partial charge < -0.3 is 15.4 Å². The molecule has 2 N–H and O–H groups in total. The summed E-state index contributed by atoms with van der Waals surface area (Å²) in [4.78, 5) is 28.0. The van der Waals surface area contributed by atoms with Gasteiger partial charge in [-0.3, -0.25) is 4.79 Å². The molecule has 0 fully saturated rings. The van der Waals surface area contributed by atoms with Gasteiger partial charge in [0.25, 0.3) is 5.91 Å². The van der Waals surface area contributed by atoms with Crippen LogP contribution in [0.2, 0.25) is 0 Å². The van der Waals surface area contributed by atoms with Gasteiger partial charge >= 0.3 is 5.97 Å². The van der Waals surface area contributed by atoms with Crippen LogP contribution >= 0.6 is 0 Å². The first kappa shape index (κ1) is 18.1. The molecule has 3 rings (SSSR count). The van der Waals surface area contributed by atoms with E-state index in [2.05, 4.69) is 20.4 Å². The summed E-state index contributed by atoms with van der Waals surface area (Å²) in [7, 11) is 1.32. The number of carbonyl (C=O) groups excluding carboxylic acids is 2. The minimum Gasteiger partial charge on any atom is -0.465 e. The molecule has 0 atom stereocenters. The summed E-state index contributed by atoms with van der Waals surface area (Å²) in [6.07, 6.45) is 1.52. The molecule has 0 spiro atoms. The summed E-state index contributed by atoms with van der Waals surface area (Å²) in [5.74, 6) is -0.00331. The lowest BCUT2D eigenvalue weighted by Gasteiger charge is -2.08. The third-order valence-electron chi connectivity index (χ3n) is 3.91. The smallest absolute Gasteiger partial charge is 0.337 e. The molecule has 136 valence electrons. The molecule has 0 aliphatic rings. The van der Waals surface area contributed by atoms with E-state index in [-0.39, 0.29) is 5.91 Å². The fourth-order valence-electron chi connectivity index (χ4n) is 2.43. The van der Waals surface area contributed by atoms with Crippen LogP contribution in [0.3, 0.4) is 0 Å². The van der Waals surface area contributed by atoms with Crippen LogP contribution in [0.15, 0.2) is 72.9 Å². The number of nitrogens with one attached hydrogen (secondary N) is 2. The van der Waals surface area contributed by atoms with E-state index in [4.69, 9.17) is 0 Å². The number of esters is 1. The molecule has 6 heteroatoms. The molecule has 2 aromatic carbocycles. The Morgan fingerprint density at radius 2 is 1.63 bits per heavy atom. The van der Waals surface area contributed by atoms with E-state index in [9.17, 15) is 9.59 Å². The Bertz CT molecular complexity index is 908. The summed E-state index contributed by atoms with van der Waals surface area (Å²) < 4.78 is 4.65. The third-order valence-corrected chi connectivity index (χ3v) is 3.91. The van der Waals surface area contributed by atoms with Crippen LogP contribution in [-0.2, 0) is 11.3 Å². The molecule has 0 radical (unpaired) electrons. The van der Waals surface area contributed by atoms with Gasteiger partial charge in [-0.15, -0.1) is 0 Å². The Morgan fingerprint density at radius 1 is 0.926 bits per heavy atom. The lowest BCUT2D eigenvalue weighted by atomic mass is 10.2. The van der Waals surface area contributed by atoms with Crippen LogP contribution < -0.4 is 10.6 Å². The van der Waals surface area contributed by atoms with Crippen LogP contribution in [0.5, 0.6) is 0 Å². The molecule has 0 saturated heterocycles. The number of methoxy groups -OCH3 is 1. The molecular weight excluding hydrogens is 342 g/mol. The van der Waals surface area contributed by atoms with E-state index < -0.39 is 5.97 Å². The highest BCUT2D eigenvalue weighted by molar-refractivity contribution is 6.04. The maximum Gasteiger partial charge on any atom is 0.337 e. The largest absolute Gasteiger partial charge is 0.465 e. The summed E-state index contributed by atoms with van der Waals surface area (Å²) in [6, 6.07) is 19.9. The standard InChI is InChI=1S/C21H19N3O3/c1-27-21(26)16-7-10-18(11-8-16)24-20(25)17-9-12-19(23-14-17)22-13-15-5-3-2-4-6-15/h2-12,14H,13H2,1H3,(H,22,23)(H,24,25). The first-order valence-electron chi connectivity index (χ1n) is 8.39. The van der Waals surface area contributed by atoms with Gasteiger partial charge in [-0.2, -0.15) is 0 Å². The van der Waals surface area contributed by atoms with Crippen molar-refractivity contribution in [2.75, 3.05) is 17.7 Å². The maximum absolute atomic E-state index is 12.3. The first-order valence-corrected chi connectivity index (χ1v) is 8.39. The molecule has 6 nitrogen and oxygen atoms in total. The van der Waals surface area contributed by atoms with Gasteiger partial charge in [0.05, 0.1) is 18.2 Å². The number of rotatable bonds is 6. The third kappa shape index (κ3) is 4.92. The number of benzene rings is 2. The molecule has 1 amide bonds. The van der Waals surface area contributed by atoms with Crippen molar-refractivity contribution in [1.29, 1.82) is 0 Å². The van der Waals surface area contributed by atoms with E-state index in [1.807, 2.05) is 30.3 Å². The van der Waals surface area contributed by atoms with Crippen molar-refractivity contribution in [3.63, 3.8) is 0 Å².